The molecule has 0 atom stereocenters. The number of aryl methyl sites for hydroxylation is 1. The van der Waals surface area contributed by atoms with Gasteiger partial charge in [0.2, 0.25) is 0 Å². The van der Waals surface area contributed by atoms with E-state index in [1.165, 1.54) is 15.4 Å². The number of ether oxygens (including phenoxy) is 1. The van der Waals surface area contributed by atoms with Crippen molar-refractivity contribution >= 4 is 17.4 Å². The van der Waals surface area contributed by atoms with Crippen LogP contribution in [-0.2, 0) is 6.61 Å². The Morgan fingerprint density at radius 2 is 1.95 bits per heavy atom. The highest BCUT2D eigenvalue weighted by Gasteiger charge is 2.04. The van der Waals surface area contributed by atoms with Crippen LogP contribution in [-0.4, -0.2) is 15.6 Å². The van der Waals surface area contributed by atoms with Gasteiger partial charge in [-0.15, -0.1) is 11.8 Å². The first kappa shape index (κ1) is 14.7. The number of nitrogens with zero attached hydrogens (tertiary/aromatic N) is 2. The molecule has 2 aromatic heterocycles. The lowest BCUT2D eigenvalue weighted by molar-refractivity contribution is 0.301. The minimum absolute atomic E-state index is 0.0960. The molecule has 3 rings (SSSR count). The quantitative estimate of drug-likeness (QED) is 0.693. The Hall–Kier alpha value is -2.27. The molecule has 0 unspecified atom stereocenters. The van der Waals surface area contributed by atoms with Crippen molar-refractivity contribution in [3.8, 4) is 5.75 Å². The van der Waals surface area contributed by atoms with Gasteiger partial charge >= 0.3 is 0 Å². The largest absolute Gasteiger partial charge is 0.487 e. The van der Waals surface area contributed by atoms with E-state index in [4.69, 9.17) is 4.74 Å². The third-order valence-electron chi connectivity index (χ3n) is 3.32. The smallest absolute Gasteiger partial charge is 0.258 e. The number of pyridine rings is 1. The Kier molecular flexibility index (Phi) is 4.15. The summed E-state index contributed by atoms with van der Waals surface area (Å²) in [6, 6.07) is 13.1. The Bertz CT molecular complexity index is 857. The molecule has 2 heterocycles. The van der Waals surface area contributed by atoms with Crippen LogP contribution < -0.4 is 10.3 Å². The summed E-state index contributed by atoms with van der Waals surface area (Å²) in [6.07, 6.45) is 3.77. The molecule has 0 aliphatic carbocycles. The van der Waals surface area contributed by atoms with E-state index in [0.29, 0.717) is 11.3 Å². The van der Waals surface area contributed by atoms with Crippen LogP contribution in [0, 0.1) is 6.92 Å². The van der Waals surface area contributed by atoms with E-state index in [2.05, 4.69) is 4.98 Å². The molecule has 0 N–H and O–H groups in total. The summed E-state index contributed by atoms with van der Waals surface area (Å²) >= 11 is 1.68. The Morgan fingerprint density at radius 1 is 1.18 bits per heavy atom. The number of aromatic nitrogens is 2. The van der Waals surface area contributed by atoms with Gasteiger partial charge in [0.25, 0.3) is 5.56 Å². The van der Waals surface area contributed by atoms with Crippen molar-refractivity contribution in [3.63, 3.8) is 0 Å². The van der Waals surface area contributed by atoms with Crippen molar-refractivity contribution in [1.29, 1.82) is 0 Å². The van der Waals surface area contributed by atoms with E-state index in [0.717, 1.165) is 11.3 Å². The molecule has 3 aromatic rings. The third kappa shape index (κ3) is 3.14. The first-order chi connectivity index (χ1) is 10.7. The second kappa shape index (κ2) is 6.23. The fourth-order valence-corrected chi connectivity index (χ4v) is 2.57. The maximum atomic E-state index is 12.1. The second-order valence-corrected chi connectivity index (χ2v) is 5.86. The molecule has 0 saturated heterocycles. The third-order valence-corrected chi connectivity index (χ3v) is 4.07. The number of thioether (sulfide) groups is 1. The van der Waals surface area contributed by atoms with Crippen LogP contribution in [0.25, 0.3) is 5.65 Å². The summed E-state index contributed by atoms with van der Waals surface area (Å²) < 4.78 is 7.24. The number of benzene rings is 1. The second-order valence-electron chi connectivity index (χ2n) is 4.98. The van der Waals surface area contributed by atoms with Gasteiger partial charge in [0.1, 0.15) is 18.0 Å². The standard InChI is InChI=1S/C17H16N2O2S/c1-12-7-8-19-16(9-12)18-13(10-17(19)20)11-21-14-3-5-15(22-2)6-4-14/h3-10H,11H2,1-2H3. The van der Waals surface area contributed by atoms with Gasteiger partial charge in [0.15, 0.2) is 0 Å². The van der Waals surface area contributed by atoms with Crippen molar-refractivity contribution < 1.29 is 4.74 Å². The zero-order valence-corrected chi connectivity index (χ0v) is 13.3. The summed E-state index contributed by atoms with van der Waals surface area (Å²) in [5.41, 5.74) is 2.24. The van der Waals surface area contributed by atoms with Crippen LogP contribution in [0.5, 0.6) is 5.75 Å². The SMILES string of the molecule is CSc1ccc(OCc2cc(=O)n3ccc(C)cc3n2)cc1. The van der Waals surface area contributed by atoms with E-state index in [9.17, 15) is 4.79 Å². The Morgan fingerprint density at radius 3 is 2.68 bits per heavy atom. The molecule has 0 fully saturated rings. The fraction of sp³-hybridized carbons (Fsp3) is 0.176. The van der Waals surface area contributed by atoms with Gasteiger partial charge in [-0.05, 0) is 55.1 Å². The van der Waals surface area contributed by atoms with Crippen LogP contribution in [0.1, 0.15) is 11.3 Å². The molecule has 4 nitrogen and oxygen atoms in total. The fourth-order valence-electron chi connectivity index (χ4n) is 2.16. The molecule has 0 spiro atoms. The summed E-state index contributed by atoms with van der Waals surface area (Å²) in [5.74, 6) is 0.768. The number of hydrogen-bond acceptors (Lipinski definition) is 4. The molecule has 0 radical (unpaired) electrons. The van der Waals surface area contributed by atoms with E-state index >= 15 is 0 Å². The first-order valence-corrected chi connectivity index (χ1v) is 8.14. The first-order valence-electron chi connectivity index (χ1n) is 6.91. The summed E-state index contributed by atoms with van der Waals surface area (Å²) in [7, 11) is 0. The minimum atomic E-state index is -0.0960. The maximum Gasteiger partial charge on any atom is 0.258 e. The molecule has 0 saturated carbocycles. The monoisotopic (exact) mass is 312 g/mol. The average Bonchev–Trinajstić information content (AvgIpc) is 2.53. The zero-order chi connectivity index (χ0) is 15.5. The Labute approximate surface area is 132 Å². The minimum Gasteiger partial charge on any atom is -0.487 e. The zero-order valence-electron chi connectivity index (χ0n) is 12.4. The lowest BCUT2D eigenvalue weighted by Crippen LogP contribution is -2.16. The van der Waals surface area contributed by atoms with E-state index in [-0.39, 0.29) is 12.2 Å². The maximum absolute atomic E-state index is 12.1. The van der Waals surface area contributed by atoms with Gasteiger partial charge in [-0.3, -0.25) is 9.20 Å². The molecular formula is C17H16N2O2S. The van der Waals surface area contributed by atoms with Crippen LogP contribution in [0.2, 0.25) is 0 Å². The van der Waals surface area contributed by atoms with Crippen molar-refractivity contribution in [2.24, 2.45) is 0 Å². The predicted molar refractivity (Wildman–Crippen MR) is 88.8 cm³/mol. The lowest BCUT2D eigenvalue weighted by Gasteiger charge is -2.08. The van der Waals surface area contributed by atoms with Crippen LogP contribution in [0.15, 0.2) is 58.4 Å². The van der Waals surface area contributed by atoms with Gasteiger partial charge in [-0.25, -0.2) is 4.98 Å². The van der Waals surface area contributed by atoms with Gasteiger partial charge in [0.05, 0.1) is 5.69 Å². The summed E-state index contributed by atoms with van der Waals surface area (Å²) in [6.45, 7) is 2.25. The molecule has 22 heavy (non-hydrogen) atoms. The topological polar surface area (TPSA) is 43.6 Å². The highest BCUT2D eigenvalue weighted by Crippen LogP contribution is 2.19. The van der Waals surface area contributed by atoms with Gasteiger partial charge in [-0.2, -0.15) is 0 Å². The van der Waals surface area contributed by atoms with Gasteiger partial charge in [0, 0.05) is 17.2 Å². The van der Waals surface area contributed by atoms with Crippen molar-refractivity contribution in [2.75, 3.05) is 6.26 Å². The van der Waals surface area contributed by atoms with Crippen LogP contribution in [0.4, 0.5) is 0 Å². The molecule has 0 aliphatic heterocycles. The van der Waals surface area contributed by atoms with E-state index < -0.39 is 0 Å². The number of hydrogen-bond donors (Lipinski definition) is 0. The van der Waals surface area contributed by atoms with E-state index in [1.54, 1.807) is 18.0 Å². The molecule has 0 amide bonds. The van der Waals surface area contributed by atoms with Crippen molar-refractivity contribution in [3.05, 3.63) is 70.3 Å². The average molecular weight is 312 g/mol. The molecule has 112 valence electrons. The Balaban J connectivity index is 1.82. The number of rotatable bonds is 4. The van der Waals surface area contributed by atoms with E-state index in [1.807, 2.05) is 49.6 Å². The predicted octanol–water partition coefficient (Wildman–Crippen LogP) is 3.30. The van der Waals surface area contributed by atoms with Crippen molar-refractivity contribution in [1.82, 2.24) is 9.38 Å². The van der Waals surface area contributed by atoms with Crippen molar-refractivity contribution in [2.45, 2.75) is 18.4 Å². The van der Waals surface area contributed by atoms with Crippen LogP contribution >= 0.6 is 11.8 Å². The normalized spacial score (nSPS) is 10.8. The van der Waals surface area contributed by atoms with Crippen LogP contribution in [0.3, 0.4) is 0 Å². The highest BCUT2D eigenvalue weighted by atomic mass is 32.2. The summed E-state index contributed by atoms with van der Waals surface area (Å²) in [4.78, 5) is 17.7. The lowest BCUT2D eigenvalue weighted by atomic mass is 10.3. The molecule has 1 aromatic carbocycles. The summed E-state index contributed by atoms with van der Waals surface area (Å²) in [5, 5.41) is 0. The molecule has 5 heteroatoms. The molecular weight excluding hydrogens is 296 g/mol. The van der Waals surface area contributed by atoms with Gasteiger partial charge in [-0.1, -0.05) is 0 Å². The molecule has 0 bridgehead atoms. The highest BCUT2D eigenvalue weighted by molar-refractivity contribution is 7.98. The van der Waals surface area contributed by atoms with Gasteiger partial charge < -0.3 is 4.74 Å². The molecule has 0 aliphatic rings. The number of fused-ring (bicyclic) bond motifs is 1.